The third-order valence-electron chi connectivity index (χ3n) is 6.57. The van der Waals surface area contributed by atoms with E-state index in [4.69, 9.17) is 14.2 Å². The Bertz CT molecular complexity index is 1340. The fourth-order valence-electron chi connectivity index (χ4n) is 4.09. The molecule has 0 unspecified atom stereocenters. The highest BCUT2D eigenvalue weighted by Crippen LogP contribution is 2.31. The number of carboxylic acids is 1. The van der Waals surface area contributed by atoms with E-state index in [-0.39, 0.29) is 49.9 Å². The summed E-state index contributed by atoms with van der Waals surface area (Å²) in [6.45, 7) is 3.13. The van der Waals surface area contributed by atoms with Crippen LogP contribution >= 0.6 is 0 Å². The van der Waals surface area contributed by atoms with Crippen LogP contribution in [0.15, 0.2) is 36.4 Å². The second kappa shape index (κ2) is 15.9. The molecule has 0 aromatic heterocycles. The molecule has 0 bridgehead atoms. The third-order valence-corrected chi connectivity index (χ3v) is 6.57. The first kappa shape index (κ1) is 34.8. The first-order valence-corrected chi connectivity index (χ1v) is 13.9. The smallest absolute Gasteiger partial charge is 0.335 e. The van der Waals surface area contributed by atoms with Gasteiger partial charge in [-0.1, -0.05) is 26.0 Å². The predicted octanol–water partition coefficient (Wildman–Crippen LogP) is -1.07. The molecule has 1 saturated heterocycles. The highest BCUT2D eigenvalue weighted by atomic mass is 16.7. The van der Waals surface area contributed by atoms with Crippen molar-refractivity contribution >= 4 is 47.3 Å². The number of anilines is 1. The summed E-state index contributed by atoms with van der Waals surface area (Å²) in [6.07, 6.45) is -4.40. The summed E-state index contributed by atoms with van der Waals surface area (Å²) in [5.74, 6) is -4.53. The van der Waals surface area contributed by atoms with Gasteiger partial charge in [-0.15, -0.1) is 0 Å². The summed E-state index contributed by atoms with van der Waals surface area (Å²) in [6, 6.07) is 4.36. The average molecular weight is 634 g/mol. The van der Waals surface area contributed by atoms with Gasteiger partial charge in [-0.2, -0.15) is 0 Å². The van der Waals surface area contributed by atoms with Gasteiger partial charge in [0.25, 0.3) is 11.8 Å². The van der Waals surface area contributed by atoms with Crippen LogP contribution in [-0.4, -0.2) is 111 Å². The van der Waals surface area contributed by atoms with Crippen molar-refractivity contribution in [2.75, 3.05) is 25.0 Å². The number of nitrogens with one attached hydrogen (secondary N) is 2. The summed E-state index contributed by atoms with van der Waals surface area (Å²) in [7, 11) is 0. The Morgan fingerprint density at radius 1 is 1.00 bits per heavy atom. The Morgan fingerprint density at radius 3 is 2.33 bits per heavy atom. The number of carboxylic acid groups (broad SMARTS) is 1. The molecule has 2 heterocycles. The molecule has 2 aliphatic heterocycles. The van der Waals surface area contributed by atoms with Gasteiger partial charge in [0.2, 0.25) is 18.1 Å². The topological polar surface area (TPSA) is 238 Å². The van der Waals surface area contributed by atoms with Crippen LogP contribution in [0.4, 0.5) is 5.69 Å². The molecule has 1 aromatic carbocycles. The maximum Gasteiger partial charge on any atom is 0.335 e. The van der Waals surface area contributed by atoms with Gasteiger partial charge in [-0.3, -0.25) is 28.9 Å². The van der Waals surface area contributed by atoms with Gasteiger partial charge in [-0.05, 0) is 23.8 Å². The summed E-state index contributed by atoms with van der Waals surface area (Å²) in [5.41, 5.74) is 0.547. The molecular formula is C29H35N3O13. The van der Waals surface area contributed by atoms with Gasteiger partial charge < -0.3 is 45.3 Å². The molecule has 244 valence electrons. The van der Waals surface area contributed by atoms with Crippen molar-refractivity contribution in [1.29, 1.82) is 0 Å². The maximum atomic E-state index is 12.8. The minimum absolute atomic E-state index is 0.0217. The number of nitrogens with zero attached hydrogens (tertiary/aromatic N) is 1. The molecule has 0 radical (unpaired) electrons. The number of rotatable bonds is 14. The Morgan fingerprint density at radius 2 is 1.69 bits per heavy atom. The summed E-state index contributed by atoms with van der Waals surface area (Å²) in [5, 5.41) is 44.8. The van der Waals surface area contributed by atoms with Crippen molar-refractivity contribution in [2.24, 2.45) is 5.92 Å². The fourth-order valence-corrected chi connectivity index (χ4v) is 4.09. The average Bonchev–Trinajstić information content (AvgIpc) is 3.31. The van der Waals surface area contributed by atoms with Crippen LogP contribution in [0, 0.1) is 5.92 Å². The van der Waals surface area contributed by atoms with Crippen molar-refractivity contribution in [3.63, 3.8) is 0 Å². The molecule has 6 N–H and O–H groups in total. The molecule has 16 nitrogen and oxygen atoms in total. The lowest BCUT2D eigenvalue weighted by Gasteiger charge is -2.38. The number of carbonyl (C=O) groups excluding carboxylic acids is 5. The van der Waals surface area contributed by atoms with Crippen LogP contribution in [-0.2, 0) is 38.2 Å². The maximum absolute atomic E-state index is 12.8. The number of aliphatic hydroxyl groups excluding tert-OH is 3. The van der Waals surface area contributed by atoms with Gasteiger partial charge >= 0.3 is 11.9 Å². The van der Waals surface area contributed by atoms with Crippen LogP contribution in [0.1, 0.15) is 32.3 Å². The number of hydrogen-bond donors (Lipinski definition) is 6. The van der Waals surface area contributed by atoms with E-state index in [2.05, 4.69) is 10.6 Å². The normalized spacial score (nSPS) is 23.0. The SMILES string of the molecule is CC(C)C(=O)OC/C=C/c1ccc(O[C@@H]2O[C@H](C(=O)O)[C@@H](O)[C@H](O)[C@H]2O)c(NC(=O)CCNC(=O)CCN2C(=O)C=CC2=O)c1. The molecular weight excluding hydrogens is 598 g/mol. The second-order valence-corrected chi connectivity index (χ2v) is 10.4. The standard InChI is InChI=1S/C29H35N3O13/c1-15(2)28(42)43-13-3-4-16-5-6-18(44-29-25(39)23(37)24(38)26(45-29)27(40)41)17(14-16)31-20(34)9-11-30-19(33)10-12-32-21(35)7-8-22(32)36/h3-8,14-15,23-26,29,37-39H,9-13H2,1-2H3,(H,30,33)(H,31,34)(H,40,41)/b4-3+/t23-,24-,25+,26-,29+/m0/s1. The number of ether oxygens (including phenoxy) is 3. The zero-order valence-electron chi connectivity index (χ0n) is 24.5. The number of imide groups is 1. The zero-order valence-corrected chi connectivity index (χ0v) is 24.5. The molecule has 4 amide bonds. The van der Waals surface area contributed by atoms with Crippen LogP contribution in [0.25, 0.3) is 6.08 Å². The highest BCUT2D eigenvalue weighted by molar-refractivity contribution is 6.13. The molecule has 0 aliphatic carbocycles. The Balaban J connectivity index is 1.67. The molecule has 0 saturated carbocycles. The van der Waals surface area contributed by atoms with Crippen molar-refractivity contribution in [3.8, 4) is 5.75 Å². The van der Waals surface area contributed by atoms with E-state index < -0.39 is 66.3 Å². The number of hydrogen-bond acceptors (Lipinski definition) is 12. The van der Waals surface area contributed by atoms with E-state index in [1.807, 2.05) is 0 Å². The fraction of sp³-hybridized carbons (Fsp3) is 0.448. The van der Waals surface area contributed by atoms with E-state index in [0.29, 0.717) is 5.56 Å². The van der Waals surface area contributed by atoms with Gasteiger partial charge in [0.1, 0.15) is 30.7 Å². The predicted molar refractivity (Wildman–Crippen MR) is 153 cm³/mol. The summed E-state index contributed by atoms with van der Waals surface area (Å²) >= 11 is 0. The minimum atomic E-state index is -1.93. The monoisotopic (exact) mass is 633 g/mol. The molecule has 3 rings (SSSR count). The lowest BCUT2D eigenvalue weighted by atomic mass is 9.99. The van der Waals surface area contributed by atoms with Crippen molar-refractivity contribution in [2.45, 2.75) is 57.4 Å². The molecule has 2 aliphatic rings. The first-order valence-electron chi connectivity index (χ1n) is 13.9. The Hall–Kier alpha value is -4.64. The molecule has 1 fully saturated rings. The number of carbonyl (C=O) groups is 6. The largest absolute Gasteiger partial charge is 0.479 e. The van der Waals surface area contributed by atoms with E-state index in [1.54, 1.807) is 26.0 Å². The second-order valence-electron chi connectivity index (χ2n) is 10.4. The van der Waals surface area contributed by atoms with Gasteiger partial charge in [0.15, 0.2) is 6.10 Å². The van der Waals surface area contributed by atoms with E-state index in [9.17, 15) is 49.2 Å². The first-order chi connectivity index (χ1) is 21.3. The van der Waals surface area contributed by atoms with Gasteiger partial charge in [0.05, 0.1) is 11.6 Å². The number of benzene rings is 1. The summed E-state index contributed by atoms with van der Waals surface area (Å²) < 4.78 is 15.9. The summed E-state index contributed by atoms with van der Waals surface area (Å²) in [4.78, 5) is 72.2. The van der Waals surface area contributed by atoms with E-state index in [0.717, 1.165) is 17.1 Å². The molecule has 16 heteroatoms. The number of aliphatic hydroxyl groups is 3. The van der Waals surface area contributed by atoms with Gasteiger partial charge in [0, 0.05) is 38.1 Å². The van der Waals surface area contributed by atoms with Crippen LogP contribution in [0.3, 0.4) is 0 Å². The quantitative estimate of drug-likeness (QED) is 0.106. The van der Waals surface area contributed by atoms with Crippen LogP contribution < -0.4 is 15.4 Å². The number of esters is 1. The van der Waals surface area contributed by atoms with Crippen molar-refractivity contribution in [1.82, 2.24) is 10.2 Å². The Labute approximate surface area is 257 Å². The molecule has 1 aromatic rings. The third kappa shape index (κ3) is 9.67. The Kier molecular flexibility index (Phi) is 12.3. The molecule has 0 spiro atoms. The van der Waals surface area contributed by atoms with E-state index in [1.165, 1.54) is 18.2 Å². The molecule has 5 atom stereocenters. The van der Waals surface area contributed by atoms with Crippen molar-refractivity contribution < 1.29 is 63.4 Å². The molecule has 45 heavy (non-hydrogen) atoms. The zero-order chi connectivity index (χ0) is 33.3. The van der Waals surface area contributed by atoms with Crippen molar-refractivity contribution in [3.05, 3.63) is 42.0 Å². The van der Waals surface area contributed by atoms with Gasteiger partial charge in [-0.25, -0.2) is 4.79 Å². The lowest BCUT2D eigenvalue weighted by molar-refractivity contribution is -0.271. The number of aliphatic carboxylic acids is 1. The minimum Gasteiger partial charge on any atom is -0.479 e. The van der Waals surface area contributed by atoms with Crippen LogP contribution in [0.2, 0.25) is 0 Å². The van der Waals surface area contributed by atoms with Crippen LogP contribution in [0.5, 0.6) is 5.75 Å². The lowest BCUT2D eigenvalue weighted by Crippen LogP contribution is -2.61. The van der Waals surface area contributed by atoms with E-state index >= 15 is 0 Å². The highest BCUT2D eigenvalue weighted by Gasteiger charge is 2.48. The number of amides is 4.